The van der Waals surface area contributed by atoms with Crippen molar-refractivity contribution in [1.29, 1.82) is 0 Å². The molecule has 1 aromatic carbocycles. The summed E-state index contributed by atoms with van der Waals surface area (Å²) in [7, 11) is 0. The molecule has 2 rings (SSSR count). The molecule has 0 radical (unpaired) electrons. The van der Waals surface area contributed by atoms with Crippen LogP contribution in [0.3, 0.4) is 0 Å². The van der Waals surface area contributed by atoms with Crippen molar-refractivity contribution in [3.05, 3.63) is 46.6 Å². The van der Waals surface area contributed by atoms with E-state index in [4.69, 9.17) is 22.1 Å². The molecule has 0 fully saturated rings. The molecule has 0 amide bonds. The van der Waals surface area contributed by atoms with Gasteiger partial charge in [-0.15, -0.1) is 0 Å². The summed E-state index contributed by atoms with van der Waals surface area (Å²) in [6, 6.07) is 9.00. The molecule has 0 spiro atoms. The third-order valence-electron chi connectivity index (χ3n) is 2.45. The minimum Gasteiger partial charge on any atom is -0.439 e. The molecule has 88 valence electrons. The minimum atomic E-state index is 0.526. The van der Waals surface area contributed by atoms with Crippen molar-refractivity contribution in [3.63, 3.8) is 0 Å². The van der Waals surface area contributed by atoms with Gasteiger partial charge in [-0.25, -0.2) is 4.98 Å². The summed E-state index contributed by atoms with van der Waals surface area (Å²) in [6.07, 6.45) is 0. The molecule has 1 heterocycles. The molecule has 0 saturated carbocycles. The molecule has 2 N–H and O–H groups in total. The molecule has 0 aliphatic carbocycles. The first-order valence-corrected chi connectivity index (χ1v) is 5.61. The van der Waals surface area contributed by atoms with E-state index in [0.29, 0.717) is 17.3 Å². The van der Waals surface area contributed by atoms with Crippen molar-refractivity contribution >= 4 is 17.3 Å². The topological polar surface area (TPSA) is 48.1 Å². The highest BCUT2D eigenvalue weighted by atomic mass is 35.5. The van der Waals surface area contributed by atoms with Crippen molar-refractivity contribution in [1.82, 2.24) is 4.98 Å². The zero-order valence-corrected chi connectivity index (χ0v) is 10.5. The number of nitrogens with zero attached hydrogens (tertiary/aromatic N) is 1. The lowest BCUT2D eigenvalue weighted by molar-refractivity contribution is 0.461. The van der Waals surface area contributed by atoms with Gasteiger partial charge in [0.15, 0.2) is 0 Å². The first-order valence-electron chi connectivity index (χ1n) is 5.23. The summed E-state index contributed by atoms with van der Waals surface area (Å²) >= 11 is 5.94. The number of benzene rings is 1. The van der Waals surface area contributed by atoms with Crippen LogP contribution in [0.2, 0.25) is 5.02 Å². The Kier molecular flexibility index (Phi) is 3.20. The number of pyridine rings is 1. The number of aryl methyl sites for hydroxylation is 2. The van der Waals surface area contributed by atoms with Gasteiger partial charge in [-0.1, -0.05) is 11.6 Å². The molecule has 0 saturated heterocycles. The molecule has 17 heavy (non-hydrogen) atoms. The summed E-state index contributed by atoms with van der Waals surface area (Å²) in [5, 5.41) is 0.721. The van der Waals surface area contributed by atoms with Crippen LogP contribution in [-0.4, -0.2) is 4.98 Å². The van der Waals surface area contributed by atoms with E-state index in [2.05, 4.69) is 4.98 Å². The van der Waals surface area contributed by atoms with Crippen LogP contribution in [0.4, 0.5) is 5.69 Å². The predicted molar refractivity (Wildman–Crippen MR) is 69.6 cm³/mol. The maximum atomic E-state index is 5.94. The van der Waals surface area contributed by atoms with Crippen LogP contribution < -0.4 is 10.5 Å². The Bertz CT molecular complexity index is 506. The standard InChI is InChI=1S/C13H13ClN2O/c1-8-7-10(3-4-11(8)14)17-13-6-5-12(15)9(2)16-13/h3-7H,15H2,1-2H3. The second-order valence-corrected chi connectivity index (χ2v) is 4.24. The number of nitrogens with two attached hydrogens (primary N) is 1. The lowest BCUT2D eigenvalue weighted by Gasteiger charge is -2.07. The number of aromatic nitrogens is 1. The summed E-state index contributed by atoms with van der Waals surface area (Å²) in [6.45, 7) is 3.77. The summed E-state index contributed by atoms with van der Waals surface area (Å²) in [5.74, 6) is 1.24. The Balaban J connectivity index is 2.25. The van der Waals surface area contributed by atoms with Crippen LogP contribution in [0.5, 0.6) is 11.6 Å². The zero-order valence-electron chi connectivity index (χ0n) is 9.70. The second kappa shape index (κ2) is 4.63. The molecule has 3 nitrogen and oxygen atoms in total. The first kappa shape index (κ1) is 11.7. The quantitative estimate of drug-likeness (QED) is 0.881. The summed E-state index contributed by atoms with van der Waals surface area (Å²) in [5.41, 5.74) is 8.07. The Morgan fingerprint density at radius 1 is 1.18 bits per heavy atom. The van der Waals surface area contributed by atoms with Gasteiger partial charge < -0.3 is 10.5 Å². The van der Waals surface area contributed by atoms with Crippen molar-refractivity contribution < 1.29 is 4.74 Å². The number of nitrogen functional groups attached to an aromatic ring is 1. The summed E-state index contributed by atoms with van der Waals surface area (Å²) in [4.78, 5) is 4.24. The molecule has 0 aliphatic rings. The minimum absolute atomic E-state index is 0.526. The monoisotopic (exact) mass is 248 g/mol. The van der Waals surface area contributed by atoms with Crippen molar-refractivity contribution in [2.75, 3.05) is 5.73 Å². The highest BCUT2D eigenvalue weighted by molar-refractivity contribution is 6.31. The molecule has 2 aromatic rings. The molecule has 0 bridgehead atoms. The predicted octanol–water partition coefficient (Wildman–Crippen LogP) is 3.73. The Morgan fingerprint density at radius 3 is 2.59 bits per heavy atom. The number of hydrogen-bond acceptors (Lipinski definition) is 3. The SMILES string of the molecule is Cc1cc(Oc2ccc(N)c(C)n2)ccc1Cl. The van der Waals surface area contributed by atoms with Crippen LogP contribution in [0, 0.1) is 13.8 Å². The average Bonchev–Trinajstić information content (AvgIpc) is 2.29. The molecular weight excluding hydrogens is 236 g/mol. The number of anilines is 1. The van der Waals surface area contributed by atoms with E-state index in [9.17, 15) is 0 Å². The maximum Gasteiger partial charge on any atom is 0.219 e. The maximum absolute atomic E-state index is 5.94. The number of halogens is 1. The van der Waals surface area contributed by atoms with Crippen molar-refractivity contribution in [2.45, 2.75) is 13.8 Å². The third-order valence-corrected chi connectivity index (χ3v) is 2.88. The van der Waals surface area contributed by atoms with Gasteiger partial charge in [0.05, 0.1) is 11.4 Å². The normalized spacial score (nSPS) is 10.3. The number of hydrogen-bond donors (Lipinski definition) is 1. The van der Waals surface area contributed by atoms with Gasteiger partial charge in [-0.05, 0) is 43.7 Å². The second-order valence-electron chi connectivity index (χ2n) is 3.84. The molecule has 0 unspecified atom stereocenters. The fraction of sp³-hybridized carbons (Fsp3) is 0.154. The molecule has 0 aliphatic heterocycles. The largest absolute Gasteiger partial charge is 0.439 e. The molecular formula is C13H13ClN2O. The van der Waals surface area contributed by atoms with Gasteiger partial charge in [0.1, 0.15) is 5.75 Å². The van der Waals surface area contributed by atoms with Crippen LogP contribution in [0.15, 0.2) is 30.3 Å². The van der Waals surface area contributed by atoms with Crippen LogP contribution >= 0.6 is 11.6 Å². The highest BCUT2D eigenvalue weighted by Crippen LogP contribution is 2.25. The van der Waals surface area contributed by atoms with E-state index < -0.39 is 0 Å². The fourth-order valence-electron chi connectivity index (χ4n) is 1.41. The molecule has 0 atom stereocenters. The lowest BCUT2D eigenvalue weighted by atomic mass is 10.2. The van der Waals surface area contributed by atoms with Gasteiger partial charge in [0.2, 0.25) is 5.88 Å². The first-order chi connectivity index (χ1) is 8.06. The van der Waals surface area contributed by atoms with Crippen LogP contribution in [0.1, 0.15) is 11.3 Å². The third kappa shape index (κ3) is 2.68. The molecule has 4 heteroatoms. The van der Waals surface area contributed by atoms with E-state index in [1.807, 2.05) is 26.0 Å². The Labute approximate surface area is 105 Å². The smallest absolute Gasteiger partial charge is 0.219 e. The van der Waals surface area contributed by atoms with Crippen molar-refractivity contribution in [2.24, 2.45) is 0 Å². The van der Waals surface area contributed by atoms with E-state index in [1.165, 1.54) is 0 Å². The zero-order chi connectivity index (χ0) is 12.4. The van der Waals surface area contributed by atoms with Gasteiger partial charge in [0, 0.05) is 11.1 Å². The van der Waals surface area contributed by atoms with Gasteiger partial charge >= 0.3 is 0 Å². The van der Waals surface area contributed by atoms with E-state index in [-0.39, 0.29) is 0 Å². The highest BCUT2D eigenvalue weighted by Gasteiger charge is 2.03. The van der Waals surface area contributed by atoms with Crippen LogP contribution in [-0.2, 0) is 0 Å². The van der Waals surface area contributed by atoms with E-state index in [0.717, 1.165) is 16.3 Å². The number of ether oxygens (including phenoxy) is 1. The Hall–Kier alpha value is -1.74. The van der Waals surface area contributed by atoms with Gasteiger partial charge in [-0.3, -0.25) is 0 Å². The van der Waals surface area contributed by atoms with Gasteiger partial charge in [0.25, 0.3) is 0 Å². The van der Waals surface area contributed by atoms with Gasteiger partial charge in [-0.2, -0.15) is 0 Å². The van der Waals surface area contributed by atoms with Crippen LogP contribution in [0.25, 0.3) is 0 Å². The summed E-state index contributed by atoms with van der Waals surface area (Å²) < 4.78 is 5.62. The van der Waals surface area contributed by atoms with Crippen molar-refractivity contribution in [3.8, 4) is 11.6 Å². The number of rotatable bonds is 2. The van der Waals surface area contributed by atoms with E-state index in [1.54, 1.807) is 18.2 Å². The fourth-order valence-corrected chi connectivity index (χ4v) is 1.52. The molecule has 1 aromatic heterocycles. The lowest BCUT2D eigenvalue weighted by Crippen LogP contribution is -1.95. The average molecular weight is 249 g/mol. The Morgan fingerprint density at radius 2 is 1.94 bits per heavy atom. The van der Waals surface area contributed by atoms with E-state index >= 15 is 0 Å².